The smallest absolute Gasteiger partial charge is 0.314 e. The zero-order valence-electron chi connectivity index (χ0n) is 21.0. The third-order valence-electron chi connectivity index (χ3n) is 7.18. The minimum Gasteiger partial charge on any atom is -0.396 e. The number of anilines is 2. The van der Waals surface area contributed by atoms with Crippen LogP contribution in [0.1, 0.15) is 48.4 Å². The first-order valence-corrected chi connectivity index (χ1v) is 13.3. The summed E-state index contributed by atoms with van der Waals surface area (Å²) in [6, 6.07) is 5.99. The number of carbonyl (C=O) groups is 2. The number of pyridine rings is 1. The maximum Gasteiger partial charge on any atom is 0.314 e. The SMILES string of the molecule is C[C@H]1CC[C@H](c2ccc3sc(C4=CCN(C)CC4)nc3c2)N(C(=O)C(=O)Nc2cncc(C=N)c2N)C1. The van der Waals surface area contributed by atoms with Gasteiger partial charge >= 0.3 is 11.8 Å². The summed E-state index contributed by atoms with van der Waals surface area (Å²) in [7, 11) is 2.12. The fourth-order valence-electron chi connectivity index (χ4n) is 4.99. The summed E-state index contributed by atoms with van der Waals surface area (Å²) in [6.07, 6.45) is 8.87. The largest absolute Gasteiger partial charge is 0.396 e. The van der Waals surface area contributed by atoms with Crippen LogP contribution in [0.5, 0.6) is 0 Å². The highest BCUT2D eigenvalue weighted by atomic mass is 32.1. The molecule has 0 saturated carbocycles. The molecule has 9 nitrogen and oxygen atoms in total. The number of thiazole rings is 1. The Balaban J connectivity index is 1.39. The van der Waals surface area contributed by atoms with Crippen LogP contribution in [-0.4, -0.2) is 64.5 Å². The van der Waals surface area contributed by atoms with Gasteiger partial charge in [-0.25, -0.2) is 4.98 Å². The van der Waals surface area contributed by atoms with Crippen molar-refractivity contribution in [2.75, 3.05) is 37.7 Å². The normalized spacial score (nSPS) is 20.5. The van der Waals surface area contributed by atoms with Crippen LogP contribution in [0.3, 0.4) is 0 Å². The number of piperidine rings is 1. The van der Waals surface area contributed by atoms with Crippen LogP contribution >= 0.6 is 11.3 Å². The third-order valence-corrected chi connectivity index (χ3v) is 8.29. The van der Waals surface area contributed by atoms with Crippen LogP contribution in [-0.2, 0) is 9.59 Å². The van der Waals surface area contributed by atoms with Gasteiger partial charge in [-0.1, -0.05) is 19.1 Å². The standard InChI is InChI=1S/C27H31N7O2S/c1-16-3-5-22(34(15-16)27(36)25(35)31-21-14-30-13-19(12-28)24(21)29)18-4-6-23-20(11-18)32-26(37-23)17-7-9-33(2)10-8-17/h4,6-7,11-14,16,22,28H,3,5,8-10,15H2,1-2H3,(H2,29,30)(H,31,35)/t16-,22+/m0/s1. The average Bonchev–Trinajstić information content (AvgIpc) is 3.33. The highest BCUT2D eigenvalue weighted by Crippen LogP contribution is 2.37. The number of aromatic nitrogens is 2. The Hall–Kier alpha value is -3.63. The summed E-state index contributed by atoms with van der Waals surface area (Å²) in [4.78, 5) is 39.3. The Labute approximate surface area is 219 Å². The van der Waals surface area contributed by atoms with Crippen molar-refractivity contribution in [2.45, 2.75) is 32.2 Å². The maximum absolute atomic E-state index is 13.4. The van der Waals surface area contributed by atoms with E-state index in [1.54, 1.807) is 16.2 Å². The fraction of sp³-hybridized carbons (Fsp3) is 0.370. The Bertz CT molecular complexity index is 1400. The second-order valence-corrected chi connectivity index (χ2v) is 11.0. The molecule has 3 aromatic rings. The van der Waals surface area contributed by atoms with Crippen molar-refractivity contribution < 1.29 is 9.59 Å². The molecule has 0 bridgehead atoms. The van der Waals surface area contributed by atoms with E-state index in [4.69, 9.17) is 16.1 Å². The topological polar surface area (TPSA) is 128 Å². The van der Waals surface area contributed by atoms with Crippen molar-refractivity contribution in [1.82, 2.24) is 19.8 Å². The van der Waals surface area contributed by atoms with Gasteiger partial charge < -0.3 is 26.3 Å². The molecule has 1 fully saturated rings. The van der Waals surface area contributed by atoms with Gasteiger partial charge in [-0.15, -0.1) is 11.3 Å². The van der Waals surface area contributed by atoms with Crippen molar-refractivity contribution >= 4 is 56.5 Å². The van der Waals surface area contributed by atoms with Crippen LogP contribution in [0.25, 0.3) is 15.8 Å². The zero-order chi connectivity index (χ0) is 26.1. The van der Waals surface area contributed by atoms with Crippen molar-refractivity contribution in [3.8, 4) is 0 Å². The zero-order valence-corrected chi connectivity index (χ0v) is 21.8. The molecular formula is C27H31N7O2S. The molecule has 5 rings (SSSR count). The summed E-state index contributed by atoms with van der Waals surface area (Å²) < 4.78 is 1.12. The van der Waals surface area contributed by atoms with Crippen molar-refractivity contribution in [3.63, 3.8) is 0 Å². The summed E-state index contributed by atoms with van der Waals surface area (Å²) >= 11 is 1.70. The van der Waals surface area contributed by atoms with Gasteiger partial charge in [0.25, 0.3) is 0 Å². The van der Waals surface area contributed by atoms with E-state index in [0.29, 0.717) is 12.1 Å². The highest BCUT2D eigenvalue weighted by Gasteiger charge is 2.34. The van der Waals surface area contributed by atoms with Gasteiger partial charge in [-0.05, 0) is 55.5 Å². The molecule has 37 heavy (non-hydrogen) atoms. The molecule has 10 heteroatoms. The molecule has 2 amide bonds. The summed E-state index contributed by atoms with van der Waals surface area (Å²) in [6.45, 7) is 4.55. The molecule has 0 aliphatic carbocycles. The molecule has 4 N–H and O–H groups in total. The molecule has 2 aliphatic rings. The molecule has 1 aromatic carbocycles. The first-order valence-electron chi connectivity index (χ1n) is 12.5. The number of benzene rings is 1. The lowest BCUT2D eigenvalue weighted by Gasteiger charge is -2.38. The van der Waals surface area contributed by atoms with Crippen molar-refractivity contribution in [3.05, 3.63) is 52.8 Å². The lowest BCUT2D eigenvalue weighted by Crippen LogP contribution is -2.46. The molecule has 1 saturated heterocycles. The third kappa shape index (κ3) is 5.12. The predicted octanol–water partition coefficient (Wildman–Crippen LogP) is 3.93. The number of rotatable bonds is 4. The number of nitrogens with zero attached hydrogens (tertiary/aromatic N) is 4. The highest BCUT2D eigenvalue weighted by molar-refractivity contribution is 7.19. The minimum atomic E-state index is -0.763. The van der Waals surface area contributed by atoms with Crippen LogP contribution in [0.2, 0.25) is 0 Å². The predicted molar refractivity (Wildman–Crippen MR) is 148 cm³/mol. The molecule has 0 unspecified atom stereocenters. The van der Waals surface area contributed by atoms with E-state index < -0.39 is 11.8 Å². The van der Waals surface area contributed by atoms with Crippen LogP contribution < -0.4 is 11.1 Å². The van der Waals surface area contributed by atoms with Crippen LogP contribution in [0, 0.1) is 11.3 Å². The number of hydrogen-bond donors (Lipinski definition) is 3. The first-order chi connectivity index (χ1) is 17.8. The number of carbonyl (C=O) groups excluding carboxylic acids is 2. The number of nitrogen functional groups attached to an aromatic ring is 1. The maximum atomic E-state index is 13.4. The van der Waals surface area contributed by atoms with E-state index in [1.165, 1.54) is 18.0 Å². The number of likely N-dealkylation sites (N-methyl/N-ethyl adjacent to an activating group) is 1. The average molecular weight is 518 g/mol. The number of nitrogens with two attached hydrogens (primary N) is 1. The second kappa shape index (κ2) is 10.4. The number of nitrogens with one attached hydrogen (secondary N) is 2. The fourth-order valence-corrected chi connectivity index (χ4v) is 6.00. The quantitative estimate of drug-likeness (QED) is 0.355. The monoisotopic (exact) mass is 517 g/mol. The van der Waals surface area contributed by atoms with E-state index in [9.17, 15) is 9.59 Å². The molecular weight excluding hydrogens is 486 g/mol. The van der Waals surface area contributed by atoms with Crippen molar-refractivity contribution in [1.29, 1.82) is 5.41 Å². The Morgan fingerprint density at radius 3 is 2.86 bits per heavy atom. The summed E-state index contributed by atoms with van der Waals surface area (Å²) in [5.41, 5.74) is 10.0. The second-order valence-electron chi connectivity index (χ2n) is 9.93. The lowest BCUT2D eigenvalue weighted by atomic mass is 9.89. The first kappa shape index (κ1) is 25.0. The Morgan fingerprint density at radius 1 is 1.27 bits per heavy atom. The van der Waals surface area contributed by atoms with Gasteiger partial charge in [0.15, 0.2) is 0 Å². The van der Waals surface area contributed by atoms with Gasteiger partial charge in [-0.2, -0.15) is 0 Å². The van der Waals surface area contributed by atoms with Crippen LogP contribution in [0.4, 0.5) is 11.4 Å². The molecule has 2 aromatic heterocycles. The molecule has 0 radical (unpaired) electrons. The van der Waals surface area contributed by atoms with E-state index >= 15 is 0 Å². The van der Waals surface area contributed by atoms with Gasteiger partial charge in [0.05, 0.1) is 33.8 Å². The molecule has 4 heterocycles. The lowest BCUT2D eigenvalue weighted by molar-refractivity contribution is -0.146. The molecule has 2 atom stereocenters. The number of fused-ring (bicyclic) bond motifs is 1. The minimum absolute atomic E-state index is 0.208. The van der Waals surface area contributed by atoms with Gasteiger partial charge in [0, 0.05) is 37.6 Å². The Morgan fingerprint density at radius 2 is 2.11 bits per heavy atom. The number of amides is 2. The number of hydrogen-bond acceptors (Lipinski definition) is 8. The van der Waals surface area contributed by atoms with E-state index in [2.05, 4.69) is 53.4 Å². The van der Waals surface area contributed by atoms with Gasteiger partial charge in [0.2, 0.25) is 0 Å². The molecule has 2 aliphatic heterocycles. The van der Waals surface area contributed by atoms with Gasteiger partial charge in [0.1, 0.15) is 5.01 Å². The van der Waals surface area contributed by atoms with Gasteiger partial charge in [-0.3, -0.25) is 14.6 Å². The van der Waals surface area contributed by atoms with E-state index in [-0.39, 0.29) is 23.3 Å². The Kier molecular flexibility index (Phi) is 7.03. The van der Waals surface area contributed by atoms with E-state index in [0.717, 1.165) is 59.4 Å². The van der Waals surface area contributed by atoms with Crippen LogP contribution in [0.15, 0.2) is 36.7 Å². The van der Waals surface area contributed by atoms with Crippen molar-refractivity contribution in [2.24, 2.45) is 5.92 Å². The van der Waals surface area contributed by atoms with E-state index in [1.807, 2.05) is 0 Å². The number of likely N-dealkylation sites (tertiary alicyclic amines) is 1. The molecule has 0 spiro atoms. The summed E-state index contributed by atoms with van der Waals surface area (Å²) in [5.74, 6) is -1.08. The molecule has 192 valence electrons. The summed E-state index contributed by atoms with van der Waals surface area (Å²) in [5, 5.41) is 11.1.